The Balaban J connectivity index is 1.70. The van der Waals surface area contributed by atoms with Gasteiger partial charge >= 0.3 is 0 Å². The van der Waals surface area contributed by atoms with E-state index in [1.807, 2.05) is 72.9 Å². The molecule has 0 radical (unpaired) electrons. The van der Waals surface area contributed by atoms with Crippen molar-refractivity contribution in [2.24, 2.45) is 0 Å². The van der Waals surface area contributed by atoms with Gasteiger partial charge in [-0.1, -0.05) is 54.6 Å². The minimum absolute atomic E-state index is 0.0512. The summed E-state index contributed by atoms with van der Waals surface area (Å²) in [6.45, 7) is 1.87. The van der Waals surface area contributed by atoms with E-state index in [-0.39, 0.29) is 24.3 Å². The highest BCUT2D eigenvalue weighted by molar-refractivity contribution is 6.19. The maximum Gasteiger partial charge on any atom is 0.271 e. The lowest BCUT2D eigenvalue weighted by Gasteiger charge is -2.27. The van der Waals surface area contributed by atoms with E-state index in [0.717, 1.165) is 26.9 Å². The number of rotatable bonds is 6. The normalized spacial score (nSPS) is 15.1. The van der Waals surface area contributed by atoms with E-state index in [9.17, 15) is 14.9 Å². The van der Waals surface area contributed by atoms with Crippen LogP contribution in [0.5, 0.6) is 0 Å². The van der Waals surface area contributed by atoms with Gasteiger partial charge < -0.3 is 4.74 Å². The largest absolute Gasteiger partial charge is 0.383 e. The van der Waals surface area contributed by atoms with Gasteiger partial charge in [-0.2, -0.15) is 10.4 Å². The van der Waals surface area contributed by atoms with Crippen molar-refractivity contribution in [3.05, 3.63) is 101 Å². The van der Waals surface area contributed by atoms with Crippen molar-refractivity contribution in [2.75, 3.05) is 20.3 Å². The Hall–Kier alpha value is -4.80. The lowest BCUT2D eigenvalue weighted by atomic mass is 9.93. The van der Waals surface area contributed by atoms with Crippen LogP contribution in [0.2, 0.25) is 0 Å². The molecule has 0 unspecified atom stereocenters. The number of ether oxygens (including phenoxy) is 1. The Labute approximate surface area is 214 Å². The summed E-state index contributed by atoms with van der Waals surface area (Å²) in [4.78, 5) is 27.3. The maximum atomic E-state index is 13.4. The topological polar surface area (TPSA) is 88.2 Å². The number of nitrogens with zero attached hydrogens (tertiary/aromatic N) is 4. The van der Waals surface area contributed by atoms with E-state index in [1.54, 1.807) is 17.7 Å². The Bertz CT molecular complexity index is 1620. The molecule has 0 bridgehead atoms. The van der Waals surface area contributed by atoms with Gasteiger partial charge in [0.1, 0.15) is 11.6 Å². The Morgan fingerprint density at radius 3 is 2.43 bits per heavy atom. The number of para-hydroxylation sites is 1. The molecule has 0 aliphatic carbocycles. The fourth-order valence-electron chi connectivity index (χ4n) is 4.44. The van der Waals surface area contributed by atoms with Crippen LogP contribution in [-0.2, 0) is 14.3 Å². The number of fused-ring (bicyclic) bond motifs is 1. The average Bonchev–Trinajstić information content (AvgIpc) is 3.35. The molecule has 0 saturated carbocycles. The second kappa shape index (κ2) is 10.1. The highest BCUT2D eigenvalue weighted by atomic mass is 16.5. The number of carbonyl (C=O) groups is 2. The molecule has 7 heteroatoms. The number of aromatic nitrogens is 2. The number of imide groups is 1. The van der Waals surface area contributed by atoms with Crippen LogP contribution in [-0.4, -0.2) is 46.8 Å². The molecule has 2 amide bonds. The molecule has 1 aromatic heterocycles. The van der Waals surface area contributed by atoms with Crippen LogP contribution in [0.25, 0.3) is 33.8 Å². The summed E-state index contributed by atoms with van der Waals surface area (Å²) in [5.41, 5.74) is 3.71. The minimum atomic E-state index is -0.603. The second-order valence-corrected chi connectivity index (χ2v) is 8.70. The molecule has 2 heterocycles. The van der Waals surface area contributed by atoms with Crippen LogP contribution in [0.1, 0.15) is 12.5 Å². The molecular weight excluding hydrogens is 464 g/mol. The van der Waals surface area contributed by atoms with Gasteiger partial charge in [-0.3, -0.25) is 14.5 Å². The van der Waals surface area contributed by atoms with Crippen molar-refractivity contribution in [2.45, 2.75) is 6.92 Å². The van der Waals surface area contributed by atoms with E-state index in [0.29, 0.717) is 16.8 Å². The van der Waals surface area contributed by atoms with Crippen molar-refractivity contribution in [1.29, 1.82) is 5.26 Å². The molecule has 7 nitrogen and oxygen atoms in total. The number of hydrogen-bond acceptors (Lipinski definition) is 5. The molecule has 0 atom stereocenters. The lowest BCUT2D eigenvalue weighted by Crippen LogP contribution is -2.44. The third kappa shape index (κ3) is 4.46. The molecule has 37 heavy (non-hydrogen) atoms. The Kier molecular flexibility index (Phi) is 6.50. The number of nitriles is 1. The molecule has 0 spiro atoms. The lowest BCUT2D eigenvalue weighted by molar-refractivity contribution is -0.141. The zero-order chi connectivity index (χ0) is 25.9. The maximum absolute atomic E-state index is 13.4. The molecule has 3 aromatic carbocycles. The van der Waals surface area contributed by atoms with Crippen LogP contribution in [0, 0.1) is 11.3 Å². The van der Waals surface area contributed by atoms with Crippen LogP contribution in [0.4, 0.5) is 0 Å². The van der Waals surface area contributed by atoms with Crippen molar-refractivity contribution in [3.8, 4) is 23.0 Å². The van der Waals surface area contributed by atoms with Crippen LogP contribution in [0.3, 0.4) is 0 Å². The van der Waals surface area contributed by atoms with E-state index < -0.39 is 11.8 Å². The predicted molar refractivity (Wildman–Crippen MR) is 141 cm³/mol. The highest BCUT2D eigenvalue weighted by Gasteiger charge is 2.35. The first-order chi connectivity index (χ1) is 18.0. The second-order valence-electron chi connectivity index (χ2n) is 8.70. The van der Waals surface area contributed by atoms with E-state index in [2.05, 4.69) is 12.1 Å². The van der Waals surface area contributed by atoms with Crippen molar-refractivity contribution in [3.63, 3.8) is 0 Å². The van der Waals surface area contributed by atoms with E-state index in [1.165, 1.54) is 7.11 Å². The zero-order valence-corrected chi connectivity index (χ0v) is 20.5. The summed E-state index contributed by atoms with van der Waals surface area (Å²) in [6, 6.07) is 25.9. The first kappa shape index (κ1) is 23.9. The Morgan fingerprint density at radius 2 is 1.70 bits per heavy atom. The molecule has 5 rings (SSSR count). The molecule has 0 saturated heterocycles. The predicted octanol–water partition coefficient (Wildman–Crippen LogP) is 4.93. The summed E-state index contributed by atoms with van der Waals surface area (Å²) >= 11 is 0. The van der Waals surface area contributed by atoms with Crippen LogP contribution >= 0.6 is 0 Å². The van der Waals surface area contributed by atoms with Gasteiger partial charge in [-0.15, -0.1) is 0 Å². The molecule has 1 aliphatic rings. The van der Waals surface area contributed by atoms with Gasteiger partial charge in [-0.05, 0) is 47.5 Å². The van der Waals surface area contributed by atoms with E-state index in [4.69, 9.17) is 9.84 Å². The first-order valence-corrected chi connectivity index (χ1v) is 11.8. The Morgan fingerprint density at radius 1 is 0.973 bits per heavy atom. The third-order valence-electron chi connectivity index (χ3n) is 6.43. The quantitative estimate of drug-likeness (QED) is 0.284. The zero-order valence-electron chi connectivity index (χ0n) is 20.5. The number of benzene rings is 3. The minimum Gasteiger partial charge on any atom is -0.383 e. The van der Waals surface area contributed by atoms with Crippen molar-refractivity contribution >= 4 is 28.7 Å². The molecule has 4 aromatic rings. The van der Waals surface area contributed by atoms with E-state index >= 15 is 0 Å². The standard InChI is InChI=1S/C30H24N4O3/c1-20-26(29(35)33(14-15-37-2)30(36)27(20)18-31)17-24-19-34(25-10-4-3-5-11-25)32-28(24)23-13-12-21-8-6-7-9-22(21)16-23/h3-13,16-17,19H,14-15H2,1-2H3/b26-17+. The van der Waals surface area contributed by atoms with Gasteiger partial charge in [0.25, 0.3) is 11.8 Å². The van der Waals surface area contributed by atoms with Crippen LogP contribution < -0.4 is 0 Å². The van der Waals surface area contributed by atoms with Gasteiger partial charge in [0.05, 0.1) is 24.5 Å². The van der Waals surface area contributed by atoms with Gasteiger partial charge in [-0.25, -0.2) is 4.68 Å². The van der Waals surface area contributed by atoms with Crippen molar-refractivity contribution in [1.82, 2.24) is 14.7 Å². The smallest absolute Gasteiger partial charge is 0.271 e. The fourth-order valence-corrected chi connectivity index (χ4v) is 4.44. The average molecular weight is 489 g/mol. The fraction of sp³-hybridized carbons (Fsp3) is 0.133. The number of hydrogen-bond donors (Lipinski definition) is 0. The summed E-state index contributed by atoms with van der Waals surface area (Å²) < 4.78 is 6.84. The van der Waals surface area contributed by atoms with Gasteiger partial charge in [0, 0.05) is 30.0 Å². The SMILES string of the molecule is COCCN1C(=O)C(C#N)=C(C)/C(=C\c2cn(-c3ccccc3)nc2-c2ccc3ccccc3c2)C1=O. The van der Waals surface area contributed by atoms with Crippen LogP contribution in [0.15, 0.2) is 95.7 Å². The summed E-state index contributed by atoms with van der Waals surface area (Å²) in [5.74, 6) is -1.07. The number of methoxy groups -OCH3 is 1. The molecule has 0 N–H and O–H groups in total. The summed E-state index contributed by atoms with van der Waals surface area (Å²) in [7, 11) is 1.50. The number of carbonyl (C=O) groups excluding carboxylic acids is 2. The summed E-state index contributed by atoms with van der Waals surface area (Å²) in [6.07, 6.45) is 3.58. The van der Waals surface area contributed by atoms with Gasteiger partial charge in [0.15, 0.2) is 0 Å². The molecular formula is C30H24N4O3. The monoisotopic (exact) mass is 488 g/mol. The van der Waals surface area contributed by atoms with Crippen molar-refractivity contribution < 1.29 is 14.3 Å². The first-order valence-electron chi connectivity index (χ1n) is 11.8. The summed E-state index contributed by atoms with van der Waals surface area (Å²) in [5, 5.41) is 16.7. The molecule has 1 aliphatic heterocycles. The number of amides is 2. The highest BCUT2D eigenvalue weighted by Crippen LogP contribution is 2.32. The molecule has 0 fully saturated rings. The third-order valence-corrected chi connectivity index (χ3v) is 6.43. The van der Waals surface area contributed by atoms with Gasteiger partial charge in [0.2, 0.25) is 0 Å². The molecule has 182 valence electrons.